The van der Waals surface area contributed by atoms with E-state index in [0.29, 0.717) is 17.1 Å². The first-order valence-corrected chi connectivity index (χ1v) is 6.48. The summed E-state index contributed by atoms with van der Waals surface area (Å²) in [6.07, 6.45) is 3.65. The van der Waals surface area contributed by atoms with Crippen molar-refractivity contribution in [3.63, 3.8) is 0 Å². The maximum absolute atomic E-state index is 11.2. The third kappa shape index (κ3) is 5.28. The molecule has 0 N–H and O–H groups in total. The largest absolute Gasteiger partial charge is 0.497 e. The highest BCUT2D eigenvalue weighted by Gasteiger charge is 2.08. The van der Waals surface area contributed by atoms with Crippen LogP contribution in [0.2, 0.25) is 0 Å². The number of nitrogens with zero attached hydrogens (tertiary/aromatic N) is 1. The fourth-order valence-corrected chi connectivity index (χ4v) is 1.50. The van der Waals surface area contributed by atoms with Crippen molar-refractivity contribution in [2.24, 2.45) is 0 Å². The number of carbonyl (C=O) groups excluding carboxylic acids is 1. The first-order chi connectivity index (χ1) is 10.5. The van der Waals surface area contributed by atoms with Crippen LogP contribution in [-0.2, 0) is 9.53 Å². The van der Waals surface area contributed by atoms with E-state index in [0.717, 1.165) is 6.08 Å². The number of ether oxygens (including phenoxy) is 3. The third-order valence-corrected chi connectivity index (χ3v) is 2.56. The summed E-state index contributed by atoms with van der Waals surface area (Å²) in [7, 11) is 1.49. The summed E-state index contributed by atoms with van der Waals surface area (Å²) >= 11 is 0. The molecular weight excluding hydrogens is 290 g/mol. The van der Waals surface area contributed by atoms with Crippen LogP contribution in [-0.4, -0.2) is 24.6 Å². The zero-order valence-electron chi connectivity index (χ0n) is 12.6. The number of carbonyl (C=O) groups is 1. The Bertz CT molecular complexity index is 606. The van der Waals surface area contributed by atoms with Gasteiger partial charge in [-0.15, -0.1) is 0 Å². The lowest BCUT2D eigenvalue weighted by molar-refractivity contribution is -0.422. The van der Waals surface area contributed by atoms with Crippen LogP contribution in [0.1, 0.15) is 19.4 Å². The van der Waals surface area contributed by atoms with E-state index >= 15 is 0 Å². The molecule has 0 aliphatic rings. The molecule has 0 atom stereocenters. The van der Waals surface area contributed by atoms with Gasteiger partial charge < -0.3 is 14.2 Å². The van der Waals surface area contributed by atoms with Gasteiger partial charge >= 0.3 is 5.97 Å². The quantitative estimate of drug-likeness (QED) is 0.253. The zero-order valence-corrected chi connectivity index (χ0v) is 12.6. The topological polar surface area (TPSA) is 87.9 Å². The van der Waals surface area contributed by atoms with Crippen LogP contribution in [0, 0.1) is 10.1 Å². The Morgan fingerprint density at radius 2 is 2.14 bits per heavy atom. The van der Waals surface area contributed by atoms with Crippen LogP contribution in [0.3, 0.4) is 0 Å². The van der Waals surface area contributed by atoms with E-state index < -0.39 is 10.9 Å². The van der Waals surface area contributed by atoms with E-state index in [2.05, 4.69) is 0 Å². The Morgan fingerprint density at radius 1 is 1.41 bits per heavy atom. The van der Waals surface area contributed by atoms with Crippen LogP contribution in [0.25, 0.3) is 6.08 Å². The molecule has 7 nitrogen and oxygen atoms in total. The highest BCUT2D eigenvalue weighted by molar-refractivity contribution is 5.81. The number of nitro groups is 1. The number of rotatable bonds is 7. The standard InChI is InChI=1S/C15H17NO6/c1-4-21-15(17)7-8-22-14-6-5-13(20-3)10-12(14)9-11(2)16(18)19/h5-10H,4H2,1-3H3/b8-7+,11-9+. The minimum atomic E-state index is -0.533. The van der Waals surface area contributed by atoms with E-state index in [-0.39, 0.29) is 12.3 Å². The molecule has 0 radical (unpaired) electrons. The van der Waals surface area contributed by atoms with Gasteiger partial charge in [0.25, 0.3) is 0 Å². The van der Waals surface area contributed by atoms with Gasteiger partial charge in [-0.25, -0.2) is 4.79 Å². The van der Waals surface area contributed by atoms with Crippen molar-refractivity contribution < 1.29 is 23.9 Å². The van der Waals surface area contributed by atoms with Gasteiger partial charge in [-0.05, 0) is 25.1 Å². The van der Waals surface area contributed by atoms with Crippen molar-refractivity contribution in [1.82, 2.24) is 0 Å². The second-order valence-corrected chi connectivity index (χ2v) is 4.12. The second kappa shape index (κ2) is 8.46. The number of benzene rings is 1. The van der Waals surface area contributed by atoms with E-state index in [1.54, 1.807) is 25.1 Å². The van der Waals surface area contributed by atoms with Gasteiger partial charge in [-0.1, -0.05) is 0 Å². The van der Waals surface area contributed by atoms with Crippen LogP contribution in [0.4, 0.5) is 0 Å². The van der Waals surface area contributed by atoms with Crippen LogP contribution in [0.5, 0.6) is 11.5 Å². The van der Waals surface area contributed by atoms with Crippen LogP contribution < -0.4 is 9.47 Å². The summed E-state index contributed by atoms with van der Waals surface area (Å²) in [4.78, 5) is 21.4. The summed E-state index contributed by atoms with van der Waals surface area (Å²) in [5, 5.41) is 10.7. The van der Waals surface area contributed by atoms with Crippen molar-refractivity contribution in [2.75, 3.05) is 13.7 Å². The second-order valence-electron chi connectivity index (χ2n) is 4.12. The van der Waals surface area contributed by atoms with Crippen molar-refractivity contribution in [1.29, 1.82) is 0 Å². The molecule has 0 aliphatic heterocycles. The van der Waals surface area contributed by atoms with Gasteiger partial charge in [0.15, 0.2) is 0 Å². The number of hydrogen-bond acceptors (Lipinski definition) is 6. The van der Waals surface area contributed by atoms with Crippen molar-refractivity contribution in [2.45, 2.75) is 13.8 Å². The molecule has 7 heteroatoms. The van der Waals surface area contributed by atoms with E-state index in [4.69, 9.17) is 14.2 Å². The number of allylic oxidation sites excluding steroid dienone is 1. The predicted molar refractivity (Wildman–Crippen MR) is 80.0 cm³/mol. The van der Waals surface area contributed by atoms with Gasteiger partial charge in [0.2, 0.25) is 5.70 Å². The van der Waals surface area contributed by atoms with Crippen LogP contribution >= 0.6 is 0 Å². The monoisotopic (exact) mass is 307 g/mol. The molecule has 0 unspecified atom stereocenters. The molecule has 118 valence electrons. The molecule has 0 saturated carbocycles. The van der Waals surface area contributed by atoms with Crippen molar-refractivity contribution in [3.8, 4) is 11.5 Å². The molecular formula is C15H17NO6. The number of hydrogen-bond donors (Lipinski definition) is 0. The van der Waals surface area contributed by atoms with Gasteiger partial charge in [0, 0.05) is 18.6 Å². The molecule has 0 saturated heterocycles. The van der Waals surface area contributed by atoms with E-state index in [1.807, 2.05) is 0 Å². The van der Waals surface area contributed by atoms with Gasteiger partial charge in [-0.2, -0.15) is 0 Å². The predicted octanol–water partition coefficient (Wildman–Crippen LogP) is 2.79. The normalized spacial score (nSPS) is 11.3. The molecule has 0 aliphatic carbocycles. The Labute approximate surface area is 127 Å². The summed E-state index contributed by atoms with van der Waals surface area (Å²) < 4.78 is 15.1. The van der Waals surface area contributed by atoms with Gasteiger partial charge in [0.05, 0.1) is 31.0 Å². The molecule has 1 rings (SSSR count). The fraction of sp³-hybridized carbons (Fsp3) is 0.267. The lowest BCUT2D eigenvalue weighted by atomic mass is 10.1. The first-order valence-electron chi connectivity index (χ1n) is 6.48. The summed E-state index contributed by atoms with van der Waals surface area (Å²) in [5.41, 5.74) is 0.412. The third-order valence-electron chi connectivity index (χ3n) is 2.56. The average molecular weight is 307 g/mol. The number of esters is 1. The van der Waals surface area contributed by atoms with E-state index in [9.17, 15) is 14.9 Å². The Hall–Kier alpha value is -2.83. The molecule has 0 heterocycles. The first kappa shape index (κ1) is 17.2. The van der Waals surface area contributed by atoms with Gasteiger partial charge in [0.1, 0.15) is 11.5 Å². The molecule has 0 spiro atoms. The summed E-state index contributed by atoms with van der Waals surface area (Å²) in [5.74, 6) is 0.348. The molecule has 1 aromatic rings. The Morgan fingerprint density at radius 3 is 2.73 bits per heavy atom. The van der Waals surface area contributed by atoms with Crippen molar-refractivity contribution >= 4 is 12.0 Å². The molecule has 1 aromatic carbocycles. The van der Waals surface area contributed by atoms with Gasteiger partial charge in [-0.3, -0.25) is 10.1 Å². The molecule has 0 aromatic heterocycles. The maximum atomic E-state index is 11.2. The molecule has 0 bridgehead atoms. The average Bonchev–Trinajstić information content (AvgIpc) is 2.48. The molecule has 0 amide bonds. The van der Waals surface area contributed by atoms with Crippen molar-refractivity contribution in [3.05, 3.63) is 51.9 Å². The summed E-state index contributed by atoms with van der Waals surface area (Å²) in [6.45, 7) is 3.33. The minimum Gasteiger partial charge on any atom is -0.497 e. The lowest BCUT2D eigenvalue weighted by Gasteiger charge is -2.07. The van der Waals surface area contributed by atoms with E-state index in [1.165, 1.54) is 26.4 Å². The lowest BCUT2D eigenvalue weighted by Crippen LogP contribution is -2.00. The fourth-order valence-electron chi connectivity index (χ4n) is 1.50. The Balaban J connectivity index is 3.01. The smallest absolute Gasteiger partial charge is 0.333 e. The Kier molecular flexibility index (Phi) is 6.62. The number of methoxy groups -OCH3 is 1. The van der Waals surface area contributed by atoms with Crippen LogP contribution in [0.15, 0.2) is 36.2 Å². The highest BCUT2D eigenvalue weighted by atomic mass is 16.6. The SMILES string of the molecule is CCOC(=O)/C=C/Oc1ccc(OC)cc1/C=C(\C)[N+](=O)[O-]. The maximum Gasteiger partial charge on any atom is 0.333 e. The zero-order chi connectivity index (χ0) is 16.5. The molecule has 22 heavy (non-hydrogen) atoms. The summed E-state index contributed by atoms with van der Waals surface area (Å²) in [6, 6.07) is 4.83. The minimum absolute atomic E-state index is 0.0486. The molecule has 0 fully saturated rings. The highest BCUT2D eigenvalue weighted by Crippen LogP contribution is 2.26.